The summed E-state index contributed by atoms with van der Waals surface area (Å²) >= 11 is 0. The van der Waals surface area contributed by atoms with Gasteiger partial charge >= 0.3 is 0 Å². The molecule has 0 amide bonds. The second kappa shape index (κ2) is 14.0. The molecular weight excluding hydrogens is 687 g/mol. The van der Waals surface area contributed by atoms with Gasteiger partial charge in [0.05, 0.1) is 5.56 Å². The molecule has 10 aromatic rings. The molecule has 0 saturated heterocycles. The fourth-order valence-electron chi connectivity index (χ4n) is 7.54. The molecule has 10 rings (SSSR count). The number of nitrogens with one attached hydrogen (secondary N) is 1. The number of aliphatic imine (C=N–C) groups is 2. The highest BCUT2D eigenvalue weighted by Gasteiger charge is 2.17. The van der Waals surface area contributed by atoms with E-state index in [1.165, 1.54) is 0 Å². The van der Waals surface area contributed by atoms with Gasteiger partial charge in [-0.05, 0) is 81.9 Å². The summed E-state index contributed by atoms with van der Waals surface area (Å²) in [5, 5.41) is 13.4. The standard InChI is InChI=1S/C51H33N3O2/c52-50(44-24-13-23-42-41-21-7-9-25-45(41)56-49(42)44)54-51(53-32-37-20-12-27-47-48(37)43-22-8-10-26-46(43)55-47)40-30-38(34-16-5-2-6-17-34)29-39(31-40)36-19-11-18-35(28-36)33-14-3-1-4-15-33/h1-32,52H. The molecule has 0 fully saturated rings. The highest BCUT2D eigenvalue weighted by molar-refractivity contribution is 6.20. The van der Waals surface area contributed by atoms with Crippen molar-refractivity contribution in [2.24, 2.45) is 9.98 Å². The molecule has 56 heavy (non-hydrogen) atoms. The van der Waals surface area contributed by atoms with E-state index in [-0.39, 0.29) is 5.84 Å². The minimum Gasteiger partial charge on any atom is -0.456 e. The third-order valence-electron chi connectivity index (χ3n) is 10.2. The minimum atomic E-state index is 0.0477. The quantitative estimate of drug-likeness (QED) is 0.137. The zero-order valence-corrected chi connectivity index (χ0v) is 30.2. The van der Waals surface area contributed by atoms with E-state index >= 15 is 0 Å². The summed E-state index contributed by atoms with van der Waals surface area (Å²) in [6, 6.07) is 63.6. The fraction of sp³-hybridized carbons (Fsp3) is 0. The Morgan fingerprint density at radius 3 is 1.75 bits per heavy atom. The number of hydrogen-bond acceptors (Lipinski definition) is 3. The lowest BCUT2D eigenvalue weighted by atomic mass is 9.94. The van der Waals surface area contributed by atoms with E-state index < -0.39 is 0 Å². The molecule has 0 unspecified atom stereocenters. The van der Waals surface area contributed by atoms with Gasteiger partial charge in [-0.3, -0.25) is 5.41 Å². The van der Waals surface area contributed by atoms with Crippen molar-refractivity contribution < 1.29 is 8.83 Å². The topological polar surface area (TPSA) is 74.8 Å². The Balaban J connectivity index is 1.17. The van der Waals surface area contributed by atoms with Crippen molar-refractivity contribution in [3.05, 3.63) is 205 Å². The van der Waals surface area contributed by atoms with E-state index in [0.29, 0.717) is 17.0 Å². The van der Waals surface area contributed by atoms with Gasteiger partial charge in [-0.25, -0.2) is 9.98 Å². The molecule has 0 aliphatic carbocycles. The van der Waals surface area contributed by atoms with Crippen LogP contribution in [0.1, 0.15) is 16.7 Å². The molecule has 0 aliphatic rings. The number of para-hydroxylation sites is 3. The van der Waals surface area contributed by atoms with Crippen LogP contribution < -0.4 is 0 Å². The average molecular weight is 720 g/mol. The Morgan fingerprint density at radius 2 is 0.982 bits per heavy atom. The molecule has 5 nitrogen and oxygen atoms in total. The van der Waals surface area contributed by atoms with Crippen molar-refractivity contribution in [2.75, 3.05) is 0 Å². The molecule has 0 spiro atoms. The maximum atomic E-state index is 9.48. The number of amidine groups is 2. The highest BCUT2D eigenvalue weighted by atomic mass is 16.3. The third kappa shape index (κ3) is 6.07. The van der Waals surface area contributed by atoms with Crippen LogP contribution in [0.5, 0.6) is 0 Å². The van der Waals surface area contributed by atoms with Crippen LogP contribution >= 0.6 is 0 Å². The van der Waals surface area contributed by atoms with Gasteiger partial charge in [0, 0.05) is 38.9 Å². The summed E-state index contributed by atoms with van der Waals surface area (Å²) in [4.78, 5) is 10.2. The number of rotatable bonds is 6. The lowest BCUT2D eigenvalue weighted by Crippen LogP contribution is -2.06. The predicted octanol–water partition coefficient (Wildman–Crippen LogP) is 13.4. The average Bonchev–Trinajstić information content (AvgIpc) is 3.85. The van der Waals surface area contributed by atoms with Crippen LogP contribution in [0, 0.1) is 5.41 Å². The van der Waals surface area contributed by atoms with Crippen molar-refractivity contribution >= 4 is 61.8 Å². The van der Waals surface area contributed by atoms with E-state index in [1.807, 2.05) is 109 Å². The largest absolute Gasteiger partial charge is 0.456 e. The number of benzene rings is 8. The molecule has 0 aliphatic heterocycles. The van der Waals surface area contributed by atoms with Crippen LogP contribution in [0.4, 0.5) is 0 Å². The number of hydrogen-bond donors (Lipinski definition) is 1. The second-order valence-electron chi connectivity index (χ2n) is 13.8. The van der Waals surface area contributed by atoms with Crippen molar-refractivity contribution in [3.8, 4) is 33.4 Å². The van der Waals surface area contributed by atoms with Crippen LogP contribution in [-0.2, 0) is 0 Å². The lowest BCUT2D eigenvalue weighted by Gasteiger charge is -2.12. The number of nitrogens with zero attached hydrogens (tertiary/aromatic N) is 2. The number of fused-ring (bicyclic) bond motifs is 6. The summed E-state index contributed by atoms with van der Waals surface area (Å²) < 4.78 is 12.6. The molecule has 0 radical (unpaired) electrons. The monoisotopic (exact) mass is 719 g/mol. The molecule has 0 bridgehead atoms. The molecule has 1 N–H and O–H groups in total. The summed E-state index contributed by atoms with van der Waals surface area (Å²) in [5.41, 5.74) is 11.7. The summed E-state index contributed by atoms with van der Waals surface area (Å²) in [6.07, 6.45) is 1.84. The second-order valence-corrected chi connectivity index (χ2v) is 13.8. The van der Waals surface area contributed by atoms with E-state index in [4.69, 9.17) is 18.8 Å². The molecule has 264 valence electrons. The van der Waals surface area contributed by atoms with Crippen molar-refractivity contribution in [3.63, 3.8) is 0 Å². The maximum absolute atomic E-state index is 9.48. The SMILES string of the molecule is N=C(N=C(N=Cc1cccc2oc3ccccc3c12)c1cc(-c2ccccc2)cc(-c2cccc(-c3ccccc3)c2)c1)c1cccc2c1oc1ccccc12. The van der Waals surface area contributed by atoms with Crippen molar-refractivity contribution in [1.29, 1.82) is 5.41 Å². The molecule has 0 saturated carbocycles. The molecule has 0 atom stereocenters. The van der Waals surface area contributed by atoms with E-state index in [1.54, 1.807) is 0 Å². The Bertz CT molecular complexity index is 3150. The van der Waals surface area contributed by atoms with E-state index in [2.05, 4.69) is 84.9 Å². The predicted molar refractivity (Wildman–Crippen MR) is 231 cm³/mol. The van der Waals surface area contributed by atoms with Gasteiger partial charge in [-0.2, -0.15) is 0 Å². The van der Waals surface area contributed by atoms with E-state index in [0.717, 1.165) is 82.8 Å². The fourth-order valence-corrected chi connectivity index (χ4v) is 7.54. The smallest absolute Gasteiger partial charge is 0.161 e. The van der Waals surface area contributed by atoms with E-state index in [9.17, 15) is 5.41 Å². The molecular formula is C51H33N3O2. The molecule has 2 aromatic heterocycles. The van der Waals surface area contributed by atoms with Gasteiger partial charge in [0.2, 0.25) is 0 Å². The van der Waals surface area contributed by atoms with Crippen LogP contribution in [0.15, 0.2) is 207 Å². The first kappa shape index (κ1) is 33.0. The van der Waals surface area contributed by atoms with Gasteiger partial charge in [-0.1, -0.05) is 140 Å². The van der Waals surface area contributed by atoms with Gasteiger partial charge in [0.25, 0.3) is 0 Å². The van der Waals surface area contributed by atoms with Crippen molar-refractivity contribution in [2.45, 2.75) is 0 Å². The molecule has 8 aromatic carbocycles. The van der Waals surface area contributed by atoms with Gasteiger partial charge in [0.1, 0.15) is 22.3 Å². The maximum Gasteiger partial charge on any atom is 0.161 e. The Hall–Kier alpha value is -7.63. The first-order valence-electron chi connectivity index (χ1n) is 18.6. The minimum absolute atomic E-state index is 0.0477. The van der Waals surface area contributed by atoms with Crippen molar-refractivity contribution in [1.82, 2.24) is 0 Å². The van der Waals surface area contributed by atoms with Gasteiger partial charge in [0.15, 0.2) is 11.7 Å². The van der Waals surface area contributed by atoms with Crippen LogP contribution in [0.2, 0.25) is 0 Å². The zero-order valence-electron chi connectivity index (χ0n) is 30.2. The van der Waals surface area contributed by atoms with Gasteiger partial charge < -0.3 is 8.83 Å². The zero-order chi connectivity index (χ0) is 37.4. The highest BCUT2D eigenvalue weighted by Crippen LogP contribution is 2.34. The summed E-state index contributed by atoms with van der Waals surface area (Å²) in [7, 11) is 0. The summed E-state index contributed by atoms with van der Waals surface area (Å²) in [6.45, 7) is 0. The number of furan rings is 2. The van der Waals surface area contributed by atoms with Gasteiger partial charge in [-0.15, -0.1) is 0 Å². The molecule has 2 heterocycles. The van der Waals surface area contributed by atoms with Crippen LogP contribution in [0.3, 0.4) is 0 Å². The van der Waals surface area contributed by atoms with Crippen LogP contribution in [-0.4, -0.2) is 17.9 Å². The Kier molecular flexibility index (Phi) is 8.23. The Labute approximate surface area is 323 Å². The van der Waals surface area contributed by atoms with Crippen LogP contribution in [0.25, 0.3) is 77.3 Å². The first-order chi connectivity index (χ1) is 27.7. The first-order valence-corrected chi connectivity index (χ1v) is 18.6. The Morgan fingerprint density at radius 1 is 0.446 bits per heavy atom. The lowest BCUT2D eigenvalue weighted by molar-refractivity contribution is 0.668. The summed E-state index contributed by atoms with van der Waals surface area (Å²) in [5.74, 6) is 0.442. The normalized spacial score (nSPS) is 12.0. The third-order valence-corrected chi connectivity index (χ3v) is 10.2. The molecule has 5 heteroatoms.